The largest absolute Gasteiger partial charge is 0.496 e. The number of fused-ring (bicyclic) bond motifs is 1. The topological polar surface area (TPSA) is 53.5 Å². The third-order valence-corrected chi connectivity index (χ3v) is 5.94. The molecule has 1 aliphatic carbocycles. The minimum absolute atomic E-state index is 0.0699. The summed E-state index contributed by atoms with van der Waals surface area (Å²) in [6, 6.07) is 6.07. The van der Waals surface area contributed by atoms with Gasteiger partial charge in [0.2, 0.25) is 0 Å². The Morgan fingerprint density at radius 2 is 1.88 bits per heavy atom. The Kier molecular flexibility index (Phi) is 6.28. The van der Waals surface area contributed by atoms with Crippen LogP contribution in [0.2, 0.25) is 0 Å². The van der Waals surface area contributed by atoms with Crippen molar-refractivity contribution in [1.29, 1.82) is 0 Å². The number of allylic oxidation sites excluding steroid dienone is 2. The molecular weight excluding hydrogens is 419 g/mol. The van der Waals surface area contributed by atoms with Gasteiger partial charge in [-0.2, -0.15) is 13.2 Å². The number of nitrogens with one attached hydrogen (secondary N) is 1. The lowest BCUT2D eigenvalue weighted by Crippen LogP contribution is -2.44. The van der Waals surface area contributed by atoms with E-state index in [4.69, 9.17) is 4.74 Å². The van der Waals surface area contributed by atoms with Crippen LogP contribution in [0.25, 0.3) is 5.57 Å². The van der Waals surface area contributed by atoms with E-state index in [0.29, 0.717) is 24.5 Å². The van der Waals surface area contributed by atoms with Crippen molar-refractivity contribution in [1.82, 2.24) is 14.9 Å². The van der Waals surface area contributed by atoms with Crippen molar-refractivity contribution in [2.75, 3.05) is 57.1 Å². The number of rotatable bonds is 6. The summed E-state index contributed by atoms with van der Waals surface area (Å²) in [5.74, 6) is 1.44. The average molecular weight is 448 g/mol. The van der Waals surface area contributed by atoms with Crippen LogP contribution in [0.5, 0.6) is 5.75 Å². The standard InChI is InChI=1S/C23H28F3N5O/c1-4-27-22-21-17(23(24,25)26)7-8-18(21)28-20(29-22)13-15-5-6-16(14-19(15)32-3)31-11-9-30(2)10-12-31/h5-7,14H,4,8-13H2,1-3H3,(H,27,28,29). The molecule has 32 heavy (non-hydrogen) atoms. The molecule has 1 fully saturated rings. The average Bonchev–Trinajstić information content (AvgIpc) is 3.20. The summed E-state index contributed by atoms with van der Waals surface area (Å²) < 4.78 is 46.0. The molecule has 172 valence electrons. The Labute approximate surface area is 186 Å². The van der Waals surface area contributed by atoms with Gasteiger partial charge in [0.05, 0.1) is 23.9 Å². The summed E-state index contributed by atoms with van der Waals surface area (Å²) in [6.45, 7) is 6.22. The first-order valence-electron chi connectivity index (χ1n) is 10.8. The van der Waals surface area contributed by atoms with Crippen LogP contribution in [-0.4, -0.2) is 67.9 Å². The van der Waals surface area contributed by atoms with E-state index in [1.54, 1.807) is 7.11 Å². The Morgan fingerprint density at radius 1 is 1.12 bits per heavy atom. The number of halogens is 3. The van der Waals surface area contributed by atoms with Gasteiger partial charge >= 0.3 is 6.18 Å². The maximum atomic E-state index is 13.4. The first kappa shape index (κ1) is 22.4. The van der Waals surface area contributed by atoms with Crippen LogP contribution in [0, 0.1) is 0 Å². The molecule has 0 spiro atoms. The molecule has 0 bridgehead atoms. The summed E-state index contributed by atoms with van der Waals surface area (Å²) >= 11 is 0. The van der Waals surface area contributed by atoms with Gasteiger partial charge < -0.3 is 19.9 Å². The molecule has 6 nitrogen and oxygen atoms in total. The molecule has 2 heterocycles. The van der Waals surface area contributed by atoms with E-state index < -0.39 is 11.7 Å². The Hall–Kier alpha value is -2.81. The van der Waals surface area contributed by atoms with Crippen LogP contribution >= 0.6 is 0 Å². The number of aromatic nitrogens is 2. The number of anilines is 2. The molecule has 0 atom stereocenters. The zero-order valence-corrected chi connectivity index (χ0v) is 18.6. The van der Waals surface area contributed by atoms with E-state index in [0.717, 1.165) is 43.2 Å². The van der Waals surface area contributed by atoms with E-state index in [1.807, 2.05) is 19.1 Å². The van der Waals surface area contributed by atoms with Gasteiger partial charge in [0.15, 0.2) is 0 Å². The molecule has 9 heteroatoms. The SMILES string of the molecule is CCNc1nc(Cc2ccc(N3CCN(C)CC3)cc2OC)nc2c1C(C(F)(F)F)=CC2. The summed E-state index contributed by atoms with van der Waals surface area (Å²) in [5, 5.41) is 2.99. The number of likely N-dealkylation sites (N-methyl/N-ethyl adjacent to an activating group) is 1. The predicted octanol–water partition coefficient (Wildman–Crippen LogP) is 3.76. The van der Waals surface area contributed by atoms with Crippen LogP contribution in [0.15, 0.2) is 24.3 Å². The molecular formula is C23H28F3N5O. The number of alkyl halides is 3. The van der Waals surface area contributed by atoms with Gasteiger partial charge in [-0.1, -0.05) is 12.1 Å². The van der Waals surface area contributed by atoms with Gasteiger partial charge in [0.25, 0.3) is 0 Å². The number of ether oxygens (including phenoxy) is 1. The molecule has 1 N–H and O–H groups in total. The highest BCUT2D eigenvalue weighted by Crippen LogP contribution is 2.42. The van der Waals surface area contributed by atoms with Crippen molar-refractivity contribution in [2.45, 2.75) is 25.9 Å². The zero-order chi connectivity index (χ0) is 22.9. The monoisotopic (exact) mass is 447 g/mol. The highest BCUT2D eigenvalue weighted by atomic mass is 19.4. The third-order valence-electron chi connectivity index (χ3n) is 5.94. The van der Waals surface area contributed by atoms with Crippen molar-refractivity contribution in [3.8, 4) is 5.75 Å². The summed E-state index contributed by atoms with van der Waals surface area (Å²) in [4.78, 5) is 13.6. The van der Waals surface area contributed by atoms with Crippen molar-refractivity contribution in [2.24, 2.45) is 0 Å². The fourth-order valence-corrected chi connectivity index (χ4v) is 4.23. The maximum Gasteiger partial charge on any atom is 0.416 e. The first-order chi connectivity index (χ1) is 15.3. The molecule has 0 amide bonds. The quantitative estimate of drug-likeness (QED) is 0.728. The van der Waals surface area contributed by atoms with Gasteiger partial charge in [-0.05, 0) is 20.0 Å². The Balaban J connectivity index is 1.61. The van der Waals surface area contributed by atoms with Gasteiger partial charge in [0, 0.05) is 62.9 Å². The molecule has 0 unspecified atom stereocenters. The van der Waals surface area contributed by atoms with Gasteiger partial charge in [-0.25, -0.2) is 9.97 Å². The first-order valence-corrected chi connectivity index (χ1v) is 10.8. The summed E-state index contributed by atoms with van der Waals surface area (Å²) in [7, 11) is 3.74. The number of piperazine rings is 1. The van der Waals surface area contributed by atoms with E-state index in [2.05, 4.69) is 38.2 Å². The van der Waals surface area contributed by atoms with Gasteiger partial charge in [-0.15, -0.1) is 0 Å². The van der Waals surface area contributed by atoms with Crippen LogP contribution in [0.3, 0.4) is 0 Å². The van der Waals surface area contributed by atoms with Crippen LogP contribution in [0.4, 0.5) is 24.7 Å². The lowest BCUT2D eigenvalue weighted by Gasteiger charge is -2.34. The molecule has 2 aliphatic rings. The van der Waals surface area contributed by atoms with E-state index in [9.17, 15) is 13.2 Å². The Bertz CT molecular complexity index is 1010. The predicted molar refractivity (Wildman–Crippen MR) is 119 cm³/mol. The molecule has 1 aromatic carbocycles. The lowest BCUT2D eigenvalue weighted by atomic mass is 10.1. The highest BCUT2D eigenvalue weighted by molar-refractivity contribution is 5.82. The molecule has 1 saturated heterocycles. The number of hydrogen-bond donors (Lipinski definition) is 1. The smallest absolute Gasteiger partial charge is 0.416 e. The molecule has 4 rings (SSSR count). The van der Waals surface area contributed by atoms with Crippen molar-refractivity contribution in [3.05, 3.63) is 46.9 Å². The van der Waals surface area contributed by atoms with Gasteiger partial charge in [-0.3, -0.25) is 0 Å². The van der Waals surface area contributed by atoms with Crippen molar-refractivity contribution in [3.63, 3.8) is 0 Å². The van der Waals surface area contributed by atoms with Crippen LogP contribution < -0.4 is 15.0 Å². The molecule has 2 aromatic rings. The van der Waals surface area contributed by atoms with Crippen molar-refractivity contribution < 1.29 is 17.9 Å². The van der Waals surface area contributed by atoms with Crippen molar-refractivity contribution >= 4 is 17.1 Å². The molecule has 1 aliphatic heterocycles. The number of benzene rings is 1. The van der Waals surface area contributed by atoms with Gasteiger partial charge in [0.1, 0.15) is 17.4 Å². The zero-order valence-electron chi connectivity index (χ0n) is 18.6. The molecule has 0 saturated carbocycles. The van der Waals surface area contributed by atoms with Crippen LogP contribution in [-0.2, 0) is 12.8 Å². The number of hydrogen-bond acceptors (Lipinski definition) is 6. The lowest BCUT2D eigenvalue weighted by molar-refractivity contribution is -0.0687. The molecule has 0 radical (unpaired) electrons. The second kappa shape index (κ2) is 8.97. The fraction of sp³-hybridized carbons (Fsp3) is 0.478. The number of nitrogens with zero attached hydrogens (tertiary/aromatic N) is 4. The normalized spacial score (nSPS) is 16.7. The fourth-order valence-electron chi connectivity index (χ4n) is 4.23. The third kappa shape index (κ3) is 4.53. The summed E-state index contributed by atoms with van der Waals surface area (Å²) in [6.07, 6.45) is -2.71. The minimum atomic E-state index is -4.43. The minimum Gasteiger partial charge on any atom is -0.496 e. The second-order valence-corrected chi connectivity index (χ2v) is 8.12. The maximum absolute atomic E-state index is 13.4. The number of methoxy groups -OCH3 is 1. The highest BCUT2D eigenvalue weighted by Gasteiger charge is 2.40. The van der Waals surface area contributed by atoms with E-state index in [-0.39, 0.29) is 17.8 Å². The van der Waals surface area contributed by atoms with E-state index in [1.165, 1.54) is 6.08 Å². The second-order valence-electron chi connectivity index (χ2n) is 8.12. The Morgan fingerprint density at radius 3 is 2.53 bits per heavy atom. The van der Waals surface area contributed by atoms with Crippen LogP contribution in [0.1, 0.15) is 29.6 Å². The summed E-state index contributed by atoms with van der Waals surface area (Å²) in [5.41, 5.74) is 1.81. The van der Waals surface area contributed by atoms with E-state index >= 15 is 0 Å². The molecule has 1 aromatic heterocycles.